The van der Waals surface area contributed by atoms with E-state index in [-0.39, 0.29) is 36.7 Å². The van der Waals surface area contributed by atoms with Crippen molar-refractivity contribution in [2.75, 3.05) is 13.1 Å². The Morgan fingerprint density at radius 2 is 1.85 bits per heavy atom. The van der Waals surface area contributed by atoms with Gasteiger partial charge in [0.25, 0.3) is 0 Å². The van der Waals surface area contributed by atoms with Gasteiger partial charge in [0, 0.05) is 25.6 Å². The number of benzene rings is 1. The highest BCUT2D eigenvalue weighted by molar-refractivity contribution is 5.93. The van der Waals surface area contributed by atoms with Gasteiger partial charge in [-0.1, -0.05) is 30.3 Å². The smallest absolute Gasteiger partial charge is 0.246 e. The third-order valence-corrected chi connectivity index (χ3v) is 5.41. The quantitative estimate of drug-likeness (QED) is 0.642. The zero-order valence-electron chi connectivity index (χ0n) is 15.5. The molecular formula is C20H28N4O3. The van der Waals surface area contributed by atoms with E-state index >= 15 is 0 Å². The van der Waals surface area contributed by atoms with Crippen LogP contribution in [0.2, 0.25) is 0 Å². The van der Waals surface area contributed by atoms with Crippen molar-refractivity contribution >= 4 is 17.7 Å². The molecule has 2 saturated heterocycles. The second-order valence-electron chi connectivity index (χ2n) is 7.26. The molecule has 0 radical (unpaired) electrons. The number of nitrogens with two attached hydrogens (primary N) is 1. The molecule has 3 amide bonds. The first-order valence-corrected chi connectivity index (χ1v) is 9.73. The van der Waals surface area contributed by atoms with E-state index in [1.165, 1.54) is 5.56 Å². The number of carbonyl (C=O) groups excluding carboxylic acids is 3. The third-order valence-electron chi connectivity index (χ3n) is 5.41. The van der Waals surface area contributed by atoms with Crippen molar-refractivity contribution in [3.8, 4) is 0 Å². The van der Waals surface area contributed by atoms with Crippen LogP contribution in [-0.2, 0) is 20.8 Å². The first kappa shape index (κ1) is 19.4. The van der Waals surface area contributed by atoms with Crippen LogP contribution in [0.15, 0.2) is 30.3 Å². The van der Waals surface area contributed by atoms with Crippen LogP contribution < -0.4 is 16.4 Å². The van der Waals surface area contributed by atoms with E-state index in [0.717, 1.165) is 19.3 Å². The largest absolute Gasteiger partial charge is 0.354 e. The topological polar surface area (TPSA) is 105 Å². The molecule has 0 bridgehead atoms. The minimum absolute atomic E-state index is 0.101. The maximum absolute atomic E-state index is 12.9. The maximum Gasteiger partial charge on any atom is 0.246 e. The highest BCUT2D eigenvalue weighted by Gasteiger charge is 2.46. The number of nitrogens with zero attached hydrogens (tertiary/aromatic N) is 1. The summed E-state index contributed by atoms with van der Waals surface area (Å²) in [5.74, 6) is -0.453. The van der Waals surface area contributed by atoms with Crippen LogP contribution in [0.4, 0.5) is 0 Å². The summed E-state index contributed by atoms with van der Waals surface area (Å²) in [4.78, 5) is 39.0. The Morgan fingerprint density at radius 3 is 2.59 bits per heavy atom. The van der Waals surface area contributed by atoms with Crippen LogP contribution in [0, 0.1) is 0 Å². The van der Waals surface area contributed by atoms with Crippen LogP contribution >= 0.6 is 0 Å². The fourth-order valence-electron chi connectivity index (χ4n) is 4.04. The minimum Gasteiger partial charge on any atom is -0.354 e. The SMILES string of the molecule is NCCC(=O)N[C@H]1CC[C@H]2CC[C@@H](C(=O)NCCc3ccccc3)N2C1=O. The van der Waals surface area contributed by atoms with Gasteiger partial charge in [0.2, 0.25) is 17.7 Å². The lowest BCUT2D eigenvalue weighted by Crippen LogP contribution is -2.58. The fraction of sp³-hybridized carbons (Fsp3) is 0.550. The number of nitrogens with one attached hydrogen (secondary N) is 2. The van der Waals surface area contributed by atoms with Gasteiger partial charge < -0.3 is 21.3 Å². The lowest BCUT2D eigenvalue weighted by atomic mass is 9.98. The summed E-state index contributed by atoms with van der Waals surface area (Å²) in [6.07, 6.45) is 3.92. The molecule has 146 valence electrons. The Labute approximate surface area is 159 Å². The third kappa shape index (κ3) is 4.66. The van der Waals surface area contributed by atoms with E-state index in [0.29, 0.717) is 19.4 Å². The van der Waals surface area contributed by atoms with Gasteiger partial charge >= 0.3 is 0 Å². The van der Waals surface area contributed by atoms with Crippen molar-refractivity contribution in [2.45, 2.75) is 56.7 Å². The maximum atomic E-state index is 12.9. The van der Waals surface area contributed by atoms with Gasteiger partial charge in [0.15, 0.2) is 0 Å². The molecule has 2 fully saturated rings. The normalized spacial score (nSPS) is 24.4. The van der Waals surface area contributed by atoms with Gasteiger partial charge in [-0.25, -0.2) is 0 Å². The summed E-state index contributed by atoms with van der Waals surface area (Å²) in [5, 5.41) is 5.73. The summed E-state index contributed by atoms with van der Waals surface area (Å²) in [6.45, 7) is 0.800. The van der Waals surface area contributed by atoms with E-state index in [4.69, 9.17) is 5.73 Å². The molecule has 27 heavy (non-hydrogen) atoms. The highest BCUT2D eigenvalue weighted by Crippen LogP contribution is 2.32. The van der Waals surface area contributed by atoms with E-state index in [2.05, 4.69) is 10.6 Å². The highest BCUT2D eigenvalue weighted by atomic mass is 16.2. The van der Waals surface area contributed by atoms with Gasteiger partial charge in [-0.05, 0) is 37.7 Å². The van der Waals surface area contributed by atoms with Crippen LogP contribution in [0.3, 0.4) is 0 Å². The molecule has 0 aliphatic carbocycles. The van der Waals surface area contributed by atoms with E-state index in [1.54, 1.807) is 4.90 Å². The molecular weight excluding hydrogens is 344 g/mol. The Hall–Kier alpha value is -2.41. The number of amides is 3. The molecule has 7 heteroatoms. The molecule has 0 aromatic heterocycles. The summed E-state index contributed by atoms with van der Waals surface area (Å²) < 4.78 is 0. The monoisotopic (exact) mass is 372 g/mol. The van der Waals surface area contributed by atoms with Crippen LogP contribution in [0.25, 0.3) is 0 Å². The lowest BCUT2D eigenvalue weighted by molar-refractivity contribution is -0.146. The zero-order valence-corrected chi connectivity index (χ0v) is 15.5. The first-order valence-electron chi connectivity index (χ1n) is 9.73. The summed E-state index contributed by atoms with van der Waals surface area (Å²) in [7, 11) is 0. The standard InChI is InChI=1S/C20H28N4O3/c21-12-10-18(25)23-16-8-6-15-7-9-17(24(15)20(16)27)19(26)22-13-11-14-4-2-1-3-5-14/h1-5,15-17H,6-13,21H2,(H,22,26)(H,23,25)/t15-,16-,17-/m0/s1. The average Bonchev–Trinajstić information content (AvgIpc) is 3.10. The van der Waals surface area contributed by atoms with Gasteiger partial charge in [0.1, 0.15) is 12.1 Å². The number of fused-ring (bicyclic) bond motifs is 1. The molecule has 0 unspecified atom stereocenters. The second kappa shape index (κ2) is 8.99. The molecule has 1 aromatic carbocycles. The average molecular weight is 372 g/mol. The predicted octanol–water partition coefficient (Wildman–Crippen LogP) is 0.332. The number of rotatable bonds is 7. The molecule has 0 saturated carbocycles. The van der Waals surface area contributed by atoms with Crippen LogP contribution in [0.5, 0.6) is 0 Å². The predicted molar refractivity (Wildman–Crippen MR) is 102 cm³/mol. The Bertz CT molecular complexity index is 679. The second-order valence-corrected chi connectivity index (χ2v) is 7.26. The van der Waals surface area contributed by atoms with Crippen molar-refractivity contribution in [1.82, 2.24) is 15.5 Å². The Kier molecular flexibility index (Phi) is 6.45. The Balaban J connectivity index is 1.55. The molecule has 2 heterocycles. The van der Waals surface area contributed by atoms with Crippen LogP contribution in [0.1, 0.15) is 37.7 Å². The van der Waals surface area contributed by atoms with Gasteiger partial charge in [-0.2, -0.15) is 0 Å². The molecule has 1 aromatic rings. The number of hydrogen-bond acceptors (Lipinski definition) is 4. The van der Waals surface area contributed by atoms with E-state index in [9.17, 15) is 14.4 Å². The molecule has 3 atom stereocenters. The van der Waals surface area contributed by atoms with Crippen molar-refractivity contribution in [1.29, 1.82) is 0 Å². The molecule has 4 N–H and O–H groups in total. The molecule has 0 spiro atoms. The van der Waals surface area contributed by atoms with Gasteiger partial charge in [-0.3, -0.25) is 14.4 Å². The van der Waals surface area contributed by atoms with Gasteiger partial charge in [0.05, 0.1) is 0 Å². The van der Waals surface area contributed by atoms with Crippen molar-refractivity contribution in [2.24, 2.45) is 5.73 Å². The Morgan fingerprint density at radius 1 is 1.11 bits per heavy atom. The fourth-order valence-corrected chi connectivity index (χ4v) is 4.04. The van der Waals surface area contributed by atoms with Crippen molar-refractivity contribution in [3.63, 3.8) is 0 Å². The summed E-state index contributed by atoms with van der Waals surface area (Å²) in [5.41, 5.74) is 6.56. The minimum atomic E-state index is -0.544. The van der Waals surface area contributed by atoms with E-state index < -0.39 is 12.1 Å². The van der Waals surface area contributed by atoms with Crippen molar-refractivity contribution in [3.05, 3.63) is 35.9 Å². The van der Waals surface area contributed by atoms with Gasteiger partial charge in [-0.15, -0.1) is 0 Å². The summed E-state index contributed by atoms with van der Waals surface area (Å²) in [6, 6.07) is 9.09. The van der Waals surface area contributed by atoms with Crippen molar-refractivity contribution < 1.29 is 14.4 Å². The summed E-state index contributed by atoms with van der Waals surface area (Å²) >= 11 is 0. The molecule has 2 aliphatic heterocycles. The lowest BCUT2D eigenvalue weighted by Gasteiger charge is -2.37. The molecule has 3 rings (SSSR count). The zero-order chi connectivity index (χ0) is 19.2. The first-order chi connectivity index (χ1) is 13.1. The number of hydrogen-bond donors (Lipinski definition) is 3. The van der Waals surface area contributed by atoms with Crippen LogP contribution in [-0.4, -0.2) is 53.8 Å². The van der Waals surface area contributed by atoms with E-state index in [1.807, 2.05) is 30.3 Å². The molecule has 2 aliphatic rings. The number of carbonyl (C=O) groups is 3. The number of piperidine rings is 1. The molecule has 7 nitrogen and oxygen atoms in total.